The molecule has 1 fully saturated rings. The van der Waals surface area contributed by atoms with Crippen LogP contribution in [0.5, 0.6) is 11.5 Å². The van der Waals surface area contributed by atoms with Crippen molar-refractivity contribution in [2.24, 2.45) is 5.92 Å². The highest BCUT2D eigenvalue weighted by Crippen LogP contribution is 2.53. The van der Waals surface area contributed by atoms with E-state index in [1.54, 1.807) is 4.90 Å². The van der Waals surface area contributed by atoms with Crippen LogP contribution in [0.1, 0.15) is 70.9 Å². The lowest BCUT2D eigenvalue weighted by Crippen LogP contribution is -2.46. The summed E-state index contributed by atoms with van der Waals surface area (Å²) in [5.74, 6) is 0.424. The molecule has 1 saturated carbocycles. The van der Waals surface area contributed by atoms with Crippen LogP contribution in [-0.4, -0.2) is 53.2 Å². The second kappa shape index (κ2) is 9.10. The molecule has 1 aliphatic carbocycles. The molecule has 36 heavy (non-hydrogen) atoms. The number of amides is 1. The number of rotatable bonds is 4. The number of hydrogen-bond donors (Lipinski definition) is 1. The summed E-state index contributed by atoms with van der Waals surface area (Å²) in [6, 6.07) is 2.51. The maximum absolute atomic E-state index is 13.7. The van der Waals surface area contributed by atoms with Crippen LogP contribution in [0.2, 0.25) is 5.02 Å². The molecule has 2 aliphatic heterocycles. The minimum absolute atomic E-state index is 0.154. The summed E-state index contributed by atoms with van der Waals surface area (Å²) < 4.78 is 13.0. The molecule has 2 aromatic rings. The molecule has 0 unspecified atom stereocenters. The summed E-state index contributed by atoms with van der Waals surface area (Å²) in [6.07, 6.45) is 4.88. The number of ether oxygens (including phenoxy) is 2. The monoisotopic (exact) mass is 513 g/mol. The van der Waals surface area contributed by atoms with Crippen LogP contribution < -0.4 is 15.0 Å². The molecule has 0 bridgehead atoms. The maximum Gasteiger partial charge on any atom is 0.256 e. The van der Waals surface area contributed by atoms with E-state index in [2.05, 4.69) is 24.0 Å². The van der Waals surface area contributed by atoms with Crippen molar-refractivity contribution in [1.82, 2.24) is 14.8 Å². The van der Waals surface area contributed by atoms with E-state index < -0.39 is 5.79 Å². The van der Waals surface area contributed by atoms with Gasteiger partial charge in [-0.3, -0.25) is 9.59 Å². The van der Waals surface area contributed by atoms with Gasteiger partial charge in [-0.25, -0.2) is 0 Å². The van der Waals surface area contributed by atoms with E-state index in [9.17, 15) is 9.59 Å². The van der Waals surface area contributed by atoms with Crippen molar-refractivity contribution in [1.29, 1.82) is 0 Å². The van der Waals surface area contributed by atoms with Crippen LogP contribution in [0.25, 0.3) is 0 Å². The standard InChI is InChI=1S/C28H36ClN3O4/c1-15-13-16(2)30-26(33)21(15)14-32-12-11-20-17(3)24-25(23(29)22(20)27(32)34)36-28(4,35-24)18-7-9-19(10-8-18)31(5)6/h13,18-19H,7-12,14H2,1-6H3,(H,30,33)/t18?,19?,28-/m0/s1. The summed E-state index contributed by atoms with van der Waals surface area (Å²) >= 11 is 6.89. The van der Waals surface area contributed by atoms with Gasteiger partial charge in [0.25, 0.3) is 17.3 Å². The van der Waals surface area contributed by atoms with E-state index >= 15 is 0 Å². The third kappa shape index (κ3) is 4.10. The Bertz CT molecular complexity index is 1280. The van der Waals surface area contributed by atoms with Gasteiger partial charge < -0.3 is 24.3 Å². The van der Waals surface area contributed by atoms with Gasteiger partial charge in [0.05, 0.1) is 17.1 Å². The Morgan fingerprint density at radius 3 is 2.42 bits per heavy atom. The second-order valence-corrected chi connectivity index (χ2v) is 11.4. The zero-order valence-electron chi connectivity index (χ0n) is 22.1. The minimum atomic E-state index is -0.799. The summed E-state index contributed by atoms with van der Waals surface area (Å²) in [5, 5.41) is 0.320. The molecule has 1 amide bonds. The number of H-pyrrole nitrogens is 1. The molecule has 0 radical (unpaired) electrons. The van der Waals surface area contributed by atoms with Crippen molar-refractivity contribution in [3.8, 4) is 11.5 Å². The Balaban J connectivity index is 1.43. The lowest BCUT2D eigenvalue weighted by molar-refractivity contribution is -0.123. The number of aromatic nitrogens is 1. The van der Waals surface area contributed by atoms with Gasteiger partial charge in [0.1, 0.15) is 0 Å². The molecule has 1 N–H and O–H groups in total. The third-order valence-corrected chi connectivity index (χ3v) is 8.83. The fourth-order valence-corrected chi connectivity index (χ4v) is 6.54. The first-order valence-electron chi connectivity index (χ1n) is 12.9. The third-order valence-electron chi connectivity index (χ3n) is 8.47. The number of aromatic amines is 1. The Labute approximate surface area is 217 Å². The summed E-state index contributed by atoms with van der Waals surface area (Å²) in [5.41, 5.74) is 4.45. The first-order chi connectivity index (χ1) is 17.0. The number of halogens is 1. The van der Waals surface area contributed by atoms with E-state index in [0.717, 1.165) is 48.1 Å². The summed E-state index contributed by atoms with van der Waals surface area (Å²) in [4.78, 5) is 33.1. The first kappa shape index (κ1) is 25.2. The minimum Gasteiger partial charge on any atom is -0.448 e. The van der Waals surface area contributed by atoms with Crippen molar-refractivity contribution < 1.29 is 14.3 Å². The van der Waals surface area contributed by atoms with Crippen molar-refractivity contribution >= 4 is 17.5 Å². The fraction of sp³-hybridized carbons (Fsp3) is 0.571. The van der Waals surface area contributed by atoms with Gasteiger partial charge in [-0.15, -0.1) is 0 Å². The second-order valence-electron chi connectivity index (χ2n) is 11.1. The van der Waals surface area contributed by atoms with Crippen LogP contribution in [0.4, 0.5) is 0 Å². The summed E-state index contributed by atoms with van der Waals surface area (Å²) in [7, 11) is 4.27. The molecule has 1 aromatic carbocycles. The van der Waals surface area contributed by atoms with Crippen LogP contribution in [0, 0.1) is 26.7 Å². The Morgan fingerprint density at radius 2 is 1.78 bits per heavy atom. The Hall–Kier alpha value is -2.51. The van der Waals surface area contributed by atoms with Crippen LogP contribution in [-0.2, 0) is 13.0 Å². The Morgan fingerprint density at radius 1 is 1.11 bits per heavy atom. The van der Waals surface area contributed by atoms with Gasteiger partial charge in [-0.2, -0.15) is 0 Å². The zero-order valence-corrected chi connectivity index (χ0v) is 22.8. The Kier molecular flexibility index (Phi) is 6.36. The maximum atomic E-state index is 13.7. The van der Waals surface area contributed by atoms with E-state index in [1.165, 1.54) is 0 Å². The predicted molar refractivity (Wildman–Crippen MR) is 140 cm³/mol. The molecule has 0 saturated heterocycles. The molecular formula is C28H36ClN3O4. The number of benzene rings is 1. The van der Waals surface area contributed by atoms with Gasteiger partial charge in [-0.1, -0.05) is 11.6 Å². The lowest BCUT2D eigenvalue weighted by Gasteiger charge is -2.39. The first-order valence-corrected chi connectivity index (χ1v) is 13.3. The average molecular weight is 514 g/mol. The van der Waals surface area contributed by atoms with E-state index in [4.69, 9.17) is 21.1 Å². The molecule has 1 aromatic heterocycles. The number of hydrogen-bond acceptors (Lipinski definition) is 5. The topological polar surface area (TPSA) is 74.9 Å². The molecule has 1 atom stereocenters. The average Bonchev–Trinajstić information content (AvgIpc) is 3.20. The molecular weight excluding hydrogens is 478 g/mol. The smallest absolute Gasteiger partial charge is 0.256 e. The number of fused-ring (bicyclic) bond motifs is 2. The van der Waals surface area contributed by atoms with Gasteiger partial charge in [0, 0.05) is 36.7 Å². The number of carbonyl (C=O) groups is 1. The van der Waals surface area contributed by atoms with Gasteiger partial charge in [0.2, 0.25) is 0 Å². The zero-order chi connectivity index (χ0) is 25.9. The van der Waals surface area contributed by atoms with Gasteiger partial charge in [-0.05, 0) is 89.7 Å². The van der Waals surface area contributed by atoms with E-state index in [1.807, 2.05) is 33.8 Å². The van der Waals surface area contributed by atoms with E-state index in [0.29, 0.717) is 46.7 Å². The molecule has 3 heterocycles. The van der Waals surface area contributed by atoms with E-state index in [-0.39, 0.29) is 23.9 Å². The number of pyridine rings is 1. The molecule has 3 aliphatic rings. The molecule has 7 nitrogen and oxygen atoms in total. The van der Waals surface area contributed by atoms with Crippen LogP contribution >= 0.6 is 11.6 Å². The molecule has 0 spiro atoms. The number of nitrogens with one attached hydrogen (secondary N) is 1. The van der Waals surface area contributed by atoms with Crippen molar-refractivity contribution in [2.75, 3.05) is 20.6 Å². The van der Waals surface area contributed by atoms with Crippen molar-refractivity contribution in [2.45, 2.75) is 78.2 Å². The van der Waals surface area contributed by atoms with Crippen LogP contribution in [0.15, 0.2) is 10.9 Å². The lowest BCUT2D eigenvalue weighted by atomic mass is 9.81. The molecule has 8 heteroatoms. The highest BCUT2D eigenvalue weighted by Gasteiger charge is 2.48. The number of nitrogens with zero attached hydrogens (tertiary/aromatic N) is 2. The normalized spacial score (nSPS) is 25.4. The highest BCUT2D eigenvalue weighted by molar-refractivity contribution is 6.36. The fourth-order valence-electron chi connectivity index (χ4n) is 6.23. The number of carbonyl (C=O) groups excluding carboxylic acids is 1. The SMILES string of the molecule is Cc1cc(C)c(CN2CCc3c(C)c4c(c(Cl)c3C2=O)O[C@@](C)(C2CCC(N(C)C)CC2)O4)c(=O)[nH]1. The predicted octanol–water partition coefficient (Wildman–Crippen LogP) is 4.76. The van der Waals surface area contributed by atoms with Gasteiger partial charge in [0.15, 0.2) is 11.5 Å². The van der Waals surface area contributed by atoms with Crippen molar-refractivity contribution in [3.05, 3.63) is 55.0 Å². The van der Waals surface area contributed by atoms with Crippen LogP contribution in [0.3, 0.4) is 0 Å². The molecule has 194 valence electrons. The molecule has 5 rings (SSSR count). The number of aryl methyl sites for hydroxylation is 2. The quantitative estimate of drug-likeness (QED) is 0.638. The summed E-state index contributed by atoms with van der Waals surface area (Å²) in [6.45, 7) is 8.51. The van der Waals surface area contributed by atoms with Gasteiger partial charge >= 0.3 is 0 Å². The highest BCUT2D eigenvalue weighted by atomic mass is 35.5. The largest absolute Gasteiger partial charge is 0.448 e. The van der Waals surface area contributed by atoms with Crippen molar-refractivity contribution in [3.63, 3.8) is 0 Å².